The van der Waals surface area contributed by atoms with Crippen LogP contribution in [-0.2, 0) is 0 Å². The van der Waals surface area contributed by atoms with E-state index in [2.05, 4.69) is 5.32 Å². The van der Waals surface area contributed by atoms with Gasteiger partial charge in [0.2, 0.25) is 0 Å². The molecule has 2 rings (SSSR count). The van der Waals surface area contributed by atoms with E-state index in [1.165, 1.54) is 6.42 Å². The lowest BCUT2D eigenvalue weighted by atomic mass is 9.90. The number of hydrogen-bond acceptors (Lipinski definition) is 3. The Bertz CT molecular complexity index is 403. The third kappa shape index (κ3) is 2.73. The first-order valence-electron chi connectivity index (χ1n) is 6.47. The van der Waals surface area contributed by atoms with Crippen molar-refractivity contribution < 1.29 is 9.47 Å². The van der Waals surface area contributed by atoms with Crippen LogP contribution in [0.5, 0.6) is 11.5 Å². The molecular formula is C14H20ClNO2. The highest BCUT2D eigenvalue weighted by atomic mass is 35.5. The van der Waals surface area contributed by atoms with Gasteiger partial charge in [0.05, 0.1) is 13.7 Å². The summed E-state index contributed by atoms with van der Waals surface area (Å²) in [7, 11) is 1.66. The van der Waals surface area contributed by atoms with Gasteiger partial charge < -0.3 is 14.8 Å². The van der Waals surface area contributed by atoms with Gasteiger partial charge in [-0.1, -0.05) is 11.6 Å². The lowest BCUT2D eigenvalue weighted by Crippen LogP contribution is -2.28. The highest BCUT2D eigenvalue weighted by Gasteiger charge is 2.24. The highest BCUT2D eigenvalue weighted by molar-refractivity contribution is 6.31. The minimum Gasteiger partial charge on any atom is -0.493 e. The van der Waals surface area contributed by atoms with E-state index in [9.17, 15) is 0 Å². The zero-order chi connectivity index (χ0) is 13.0. The Kier molecular flexibility index (Phi) is 4.72. The Balaban J connectivity index is 2.41. The molecule has 0 aromatic heterocycles. The second-order valence-corrected chi connectivity index (χ2v) is 4.88. The third-order valence-electron chi connectivity index (χ3n) is 3.32. The van der Waals surface area contributed by atoms with E-state index in [4.69, 9.17) is 21.1 Å². The summed E-state index contributed by atoms with van der Waals surface area (Å²) in [6, 6.07) is 3.76. The second-order valence-electron chi connectivity index (χ2n) is 4.47. The number of halogens is 1. The van der Waals surface area contributed by atoms with Crippen LogP contribution in [0.25, 0.3) is 0 Å². The van der Waals surface area contributed by atoms with Gasteiger partial charge in [-0.3, -0.25) is 0 Å². The van der Waals surface area contributed by atoms with Crippen molar-refractivity contribution in [3.8, 4) is 11.5 Å². The number of rotatable bonds is 4. The maximum absolute atomic E-state index is 6.36. The molecule has 1 atom stereocenters. The van der Waals surface area contributed by atoms with Crippen LogP contribution in [0.2, 0.25) is 5.02 Å². The molecule has 18 heavy (non-hydrogen) atoms. The Morgan fingerprint density at radius 1 is 1.44 bits per heavy atom. The van der Waals surface area contributed by atoms with E-state index in [1.807, 2.05) is 19.1 Å². The van der Waals surface area contributed by atoms with Crippen molar-refractivity contribution in [3.63, 3.8) is 0 Å². The summed E-state index contributed by atoms with van der Waals surface area (Å²) in [5.41, 5.74) is 1.09. The van der Waals surface area contributed by atoms with Crippen molar-refractivity contribution in [2.75, 3.05) is 26.8 Å². The summed E-state index contributed by atoms with van der Waals surface area (Å²) in [6.45, 7) is 4.63. The van der Waals surface area contributed by atoms with Crippen molar-refractivity contribution in [1.29, 1.82) is 0 Å². The topological polar surface area (TPSA) is 30.5 Å². The van der Waals surface area contributed by atoms with Crippen LogP contribution in [0.1, 0.15) is 31.2 Å². The van der Waals surface area contributed by atoms with E-state index in [0.29, 0.717) is 12.5 Å². The SMILES string of the molecule is CCOc1c(OC)ccc(Cl)c1C1CCCNC1. The van der Waals surface area contributed by atoms with Gasteiger partial charge in [-0.25, -0.2) is 0 Å². The average Bonchev–Trinajstić information content (AvgIpc) is 2.40. The predicted octanol–water partition coefficient (Wildman–Crippen LogP) is 3.21. The number of hydrogen-bond donors (Lipinski definition) is 1. The van der Waals surface area contributed by atoms with Crippen LogP contribution in [0.4, 0.5) is 0 Å². The molecule has 0 bridgehead atoms. The van der Waals surface area contributed by atoms with E-state index < -0.39 is 0 Å². The Labute approximate surface area is 113 Å². The van der Waals surface area contributed by atoms with Gasteiger partial charge >= 0.3 is 0 Å². The number of nitrogens with one attached hydrogen (secondary N) is 1. The molecule has 100 valence electrons. The molecule has 1 aromatic carbocycles. The Morgan fingerprint density at radius 3 is 2.89 bits per heavy atom. The summed E-state index contributed by atoms with van der Waals surface area (Å²) >= 11 is 6.36. The summed E-state index contributed by atoms with van der Waals surface area (Å²) < 4.78 is 11.1. The fourth-order valence-electron chi connectivity index (χ4n) is 2.49. The molecule has 1 heterocycles. The summed E-state index contributed by atoms with van der Waals surface area (Å²) in [5, 5.41) is 4.18. The third-order valence-corrected chi connectivity index (χ3v) is 3.65. The standard InChI is InChI=1S/C14H20ClNO2/c1-3-18-14-12(17-2)7-6-11(15)13(14)10-5-4-8-16-9-10/h6-7,10,16H,3-5,8-9H2,1-2H3. The maximum atomic E-state index is 6.36. The molecule has 1 aliphatic rings. The van der Waals surface area contributed by atoms with Crippen LogP contribution in [0.3, 0.4) is 0 Å². The molecule has 0 aliphatic carbocycles. The normalized spacial score (nSPS) is 19.6. The summed E-state index contributed by atoms with van der Waals surface area (Å²) in [5.74, 6) is 1.98. The summed E-state index contributed by atoms with van der Waals surface area (Å²) in [6.07, 6.45) is 2.31. The molecule has 0 amide bonds. The molecule has 4 heteroatoms. The van der Waals surface area contributed by atoms with Crippen LogP contribution in [-0.4, -0.2) is 26.8 Å². The largest absolute Gasteiger partial charge is 0.493 e. The smallest absolute Gasteiger partial charge is 0.166 e. The van der Waals surface area contributed by atoms with Gasteiger partial charge in [-0.2, -0.15) is 0 Å². The van der Waals surface area contributed by atoms with Crippen molar-refractivity contribution in [2.45, 2.75) is 25.7 Å². The average molecular weight is 270 g/mol. The van der Waals surface area contributed by atoms with E-state index in [0.717, 1.165) is 41.6 Å². The molecule has 0 spiro atoms. The molecule has 1 saturated heterocycles. The van der Waals surface area contributed by atoms with Crippen LogP contribution in [0, 0.1) is 0 Å². The molecular weight excluding hydrogens is 250 g/mol. The first-order valence-corrected chi connectivity index (χ1v) is 6.85. The van der Waals surface area contributed by atoms with E-state index >= 15 is 0 Å². The number of piperidine rings is 1. The molecule has 1 aliphatic heterocycles. The Morgan fingerprint density at radius 2 is 2.28 bits per heavy atom. The fraction of sp³-hybridized carbons (Fsp3) is 0.571. The number of benzene rings is 1. The predicted molar refractivity (Wildman–Crippen MR) is 74.0 cm³/mol. The van der Waals surface area contributed by atoms with Gasteiger partial charge in [-0.05, 0) is 38.4 Å². The van der Waals surface area contributed by atoms with Crippen LogP contribution < -0.4 is 14.8 Å². The van der Waals surface area contributed by atoms with E-state index in [-0.39, 0.29) is 0 Å². The van der Waals surface area contributed by atoms with Crippen molar-refractivity contribution in [3.05, 3.63) is 22.7 Å². The zero-order valence-corrected chi connectivity index (χ0v) is 11.7. The fourth-order valence-corrected chi connectivity index (χ4v) is 2.79. The molecule has 1 aromatic rings. The second kappa shape index (κ2) is 6.30. The monoisotopic (exact) mass is 269 g/mol. The lowest BCUT2D eigenvalue weighted by Gasteiger charge is -2.26. The minimum atomic E-state index is 0.405. The van der Waals surface area contributed by atoms with Gasteiger partial charge in [0.1, 0.15) is 0 Å². The van der Waals surface area contributed by atoms with Gasteiger partial charge in [0.25, 0.3) is 0 Å². The quantitative estimate of drug-likeness (QED) is 0.910. The van der Waals surface area contributed by atoms with E-state index in [1.54, 1.807) is 7.11 Å². The van der Waals surface area contributed by atoms with Gasteiger partial charge in [-0.15, -0.1) is 0 Å². The minimum absolute atomic E-state index is 0.405. The molecule has 0 saturated carbocycles. The van der Waals surface area contributed by atoms with Gasteiger partial charge in [0, 0.05) is 23.0 Å². The molecule has 1 fully saturated rings. The molecule has 1 N–H and O–H groups in total. The Hall–Kier alpha value is -0.930. The first-order chi connectivity index (χ1) is 8.77. The highest BCUT2D eigenvalue weighted by Crippen LogP contribution is 2.42. The maximum Gasteiger partial charge on any atom is 0.166 e. The van der Waals surface area contributed by atoms with Crippen molar-refractivity contribution in [2.24, 2.45) is 0 Å². The molecule has 0 radical (unpaired) electrons. The number of methoxy groups -OCH3 is 1. The first kappa shape index (κ1) is 13.5. The molecule has 3 nitrogen and oxygen atoms in total. The lowest BCUT2D eigenvalue weighted by molar-refractivity contribution is 0.302. The van der Waals surface area contributed by atoms with Gasteiger partial charge in [0.15, 0.2) is 11.5 Å². The van der Waals surface area contributed by atoms with Crippen LogP contribution >= 0.6 is 11.6 Å². The number of ether oxygens (including phenoxy) is 2. The van der Waals surface area contributed by atoms with Crippen molar-refractivity contribution >= 4 is 11.6 Å². The van der Waals surface area contributed by atoms with Crippen molar-refractivity contribution in [1.82, 2.24) is 5.32 Å². The van der Waals surface area contributed by atoms with Crippen LogP contribution in [0.15, 0.2) is 12.1 Å². The zero-order valence-electron chi connectivity index (χ0n) is 11.0. The summed E-state index contributed by atoms with van der Waals surface area (Å²) in [4.78, 5) is 0. The molecule has 1 unspecified atom stereocenters.